The first-order valence-corrected chi connectivity index (χ1v) is 7.20. The van der Waals surface area contributed by atoms with Crippen molar-refractivity contribution in [2.45, 2.75) is 19.9 Å². The lowest BCUT2D eigenvalue weighted by Crippen LogP contribution is -2.05. The molecule has 1 aromatic heterocycles. The fourth-order valence-electron chi connectivity index (χ4n) is 1.79. The predicted octanol–water partition coefficient (Wildman–Crippen LogP) is 3.82. The molecule has 102 valence electrons. The highest BCUT2D eigenvalue weighted by atomic mass is 79.9. The minimum atomic E-state index is 0.771. The molecule has 1 heterocycles. The maximum absolute atomic E-state index is 5.35. The maximum Gasteiger partial charge on any atom is 0.207 e. The number of imidazole rings is 1. The van der Waals surface area contributed by atoms with E-state index in [9.17, 15) is 0 Å². The third-order valence-electron chi connectivity index (χ3n) is 2.69. The molecule has 2 rings (SSSR count). The SMILES string of the molecule is CCOCCCn1ccnc1Nc1cccc(Br)c1. The van der Waals surface area contributed by atoms with Gasteiger partial charge in [-0.3, -0.25) is 0 Å². The molecule has 0 spiro atoms. The van der Waals surface area contributed by atoms with Gasteiger partial charge in [-0.15, -0.1) is 0 Å². The Hall–Kier alpha value is -1.33. The van der Waals surface area contributed by atoms with Crippen molar-refractivity contribution < 1.29 is 4.74 Å². The number of halogens is 1. The Bertz CT molecular complexity index is 513. The van der Waals surface area contributed by atoms with Crippen LogP contribution < -0.4 is 5.32 Å². The number of nitrogens with one attached hydrogen (secondary N) is 1. The third-order valence-corrected chi connectivity index (χ3v) is 3.18. The van der Waals surface area contributed by atoms with Crippen molar-refractivity contribution in [3.63, 3.8) is 0 Å². The molecular formula is C14H18BrN3O. The summed E-state index contributed by atoms with van der Waals surface area (Å²) in [5, 5.41) is 3.32. The Labute approximate surface area is 121 Å². The largest absolute Gasteiger partial charge is 0.382 e. The monoisotopic (exact) mass is 323 g/mol. The van der Waals surface area contributed by atoms with Crippen LogP contribution in [0.1, 0.15) is 13.3 Å². The topological polar surface area (TPSA) is 39.1 Å². The lowest BCUT2D eigenvalue weighted by Gasteiger charge is -2.10. The molecule has 0 radical (unpaired) electrons. The fraction of sp³-hybridized carbons (Fsp3) is 0.357. The Kier molecular flexibility index (Phi) is 5.42. The molecule has 4 nitrogen and oxygen atoms in total. The van der Waals surface area contributed by atoms with Gasteiger partial charge < -0.3 is 14.6 Å². The number of hydrogen-bond acceptors (Lipinski definition) is 3. The Balaban J connectivity index is 1.95. The van der Waals surface area contributed by atoms with Gasteiger partial charge in [-0.2, -0.15) is 0 Å². The van der Waals surface area contributed by atoms with Gasteiger partial charge in [0, 0.05) is 42.3 Å². The molecule has 5 heteroatoms. The first-order chi connectivity index (χ1) is 9.29. The summed E-state index contributed by atoms with van der Waals surface area (Å²) in [5.74, 6) is 0.856. The summed E-state index contributed by atoms with van der Waals surface area (Å²) in [4.78, 5) is 4.34. The predicted molar refractivity (Wildman–Crippen MR) is 80.8 cm³/mol. The number of hydrogen-bond donors (Lipinski definition) is 1. The van der Waals surface area contributed by atoms with Crippen molar-refractivity contribution >= 4 is 27.6 Å². The molecule has 0 fully saturated rings. The average molecular weight is 324 g/mol. The van der Waals surface area contributed by atoms with Crippen LogP contribution in [0.5, 0.6) is 0 Å². The van der Waals surface area contributed by atoms with Crippen LogP contribution in [0.15, 0.2) is 41.1 Å². The minimum absolute atomic E-state index is 0.771. The summed E-state index contributed by atoms with van der Waals surface area (Å²) >= 11 is 3.46. The number of nitrogens with zero attached hydrogens (tertiary/aromatic N) is 2. The number of rotatable bonds is 7. The number of aryl methyl sites for hydroxylation is 1. The van der Waals surface area contributed by atoms with Gasteiger partial charge in [-0.1, -0.05) is 22.0 Å². The lowest BCUT2D eigenvalue weighted by molar-refractivity contribution is 0.142. The van der Waals surface area contributed by atoms with Gasteiger partial charge in [0.05, 0.1) is 0 Å². The minimum Gasteiger partial charge on any atom is -0.382 e. The van der Waals surface area contributed by atoms with E-state index in [0.717, 1.165) is 42.3 Å². The van der Waals surface area contributed by atoms with Gasteiger partial charge in [-0.05, 0) is 31.5 Å². The molecule has 2 aromatic rings. The van der Waals surface area contributed by atoms with E-state index in [1.165, 1.54) is 0 Å². The van der Waals surface area contributed by atoms with E-state index in [1.807, 2.05) is 37.4 Å². The second-order valence-electron chi connectivity index (χ2n) is 4.13. The maximum atomic E-state index is 5.35. The van der Waals surface area contributed by atoms with Crippen LogP contribution in [0.4, 0.5) is 11.6 Å². The molecule has 0 aliphatic carbocycles. The van der Waals surface area contributed by atoms with Gasteiger partial charge in [0.25, 0.3) is 0 Å². The summed E-state index contributed by atoms with van der Waals surface area (Å²) in [6, 6.07) is 8.04. The average Bonchev–Trinajstić information content (AvgIpc) is 2.82. The van der Waals surface area contributed by atoms with Crippen LogP contribution >= 0.6 is 15.9 Å². The molecule has 0 atom stereocenters. The van der Waals surface area contributed by atoms with Crippen LogP contribution in [0, 0.1) is 0 Å². The highest BCUT2D eigenvalue weighted by Crippen LogP contribution is 2.19. The standard InChI is InChI=1S/C14H18BrN3O/c1-2-19-10-4-8-18-9-7-16-14(18)17-13-6-3-5-12(15)11-13/h3,5-7,9,11H,2,4,8,10H2,1H3,(H,16,17). The zero-order valence-electron chi connectivity index (χ0n) is 11.0. The molecule has 0 aliphatic heterocycles. The number of ether oxygens (including phenoxy) is 1. The van der Waals surface area contributed by atoms with Gasteiger partial charge in [0.1, 0.15) is 0 Å². The van der Waals surface area contributed by atoms with Crippen LogP contribution in [-0.2, 0) is 11.3 Å². The van der Waals surface area contributed by atoms with E-state index in [-0.39, 0.29) is 0 Å². The molecule has 0 saturated heterocycles. The van der Waals surface area contributed by atoms with Crippen molar-refractivity contribution in [1.82, 2.24) is 9.55 Å². The van der Waals surface area contributed by atoms with Crippen molar-refractivity contribution in [1.29, 1.82) is 0 Å². The zero-order valence-corrected chi connectivity index (χ0v) is 12.6. The Morgan fingerprint density at radius 3 is 3.11 bits per heavy atom. The molecular weight excluding hydrogens is 306 g/mol. The number of aromatic nitrogens is 2. The fourth-order valence-corrected chi connectivity index (χ4v) is 2.19. The van der Waals surface area contributed by atoms with Crippen LogP contribution in [-0.4, -0.2) is 22.8 Å². The second-order valence-corrected chi connectivity index (χ2v) is 5.05. The van der Waals surface area contributed by atoms with Crippen LogP contribution in [0.25, 0.3) is 0 Å². The van der Waals surface area contributed by atoms with Crippen molar-refractivity contribution in [3.05, 3.63) is 41.1 Å². The van der Waals surface area contributed by atoms with Crippen molar-refractivity contribution in [3.8, 4) is 0 Å². The quantitative estimate of drug-likeness (QED) is 0.787. The first kappa shape index (κ1) is 14.1. The highest BCUT2D eigenvalue weighted by molar-refractivity contribution is 9.10. The molecule has 1 N–H and O–H groups in total. The van der Waals surface area contributed by atoms with Crippen LogP contribution in [0.3, 0.4) is 0 Å². The number of benzene rings is 1. The summed E-state index contributed by atoms with van der Waals surface area (Å²) in [7, 11) is 0. The highest BCUT2D eigenvalue weighted by Gasteiger charge is 2.03. The number of anilines is 2. The van der Waals surface area contributed by atoms with E-state index in [1.54, 1.807) is 6.20 Å². The first-order valence-electron chi connectivity index (χ1n) is 6.41. The van der Waals surface area contributed by atoms with E-state index in [0.29, 0.717) is 0 Å². The second kappa shape index (κ2) is 7.31. The van der Waals surface area contributed by atoms with E-state index >= 15 is 0 Å². The van der Waals surface area contributed by atoms with Crippen molar-refractivity contribution in [2.75, 3.05) is 18.5 Å². The van der Waals surface area contributed by atoms with Crippen molar-refractivity contribution in [2.24, 2.45) is 0 Å². The lowest BCUT2D eigenvalue weighted by atomic mass is 10.3. The molecule has 0 unspecified atom stereocenters. The van der Waals surface area contributed by atoms with Gasteiger partial charge in [0.15, 0.2) is 0 Å². The normalized spacial score (nSPS) is 10.6. The Morgan fingerprint density at radius 1 is 1.42 bits per heavy atom. The Morgan fingerprint density at radius 2 is 2.32 bits per heavy atom. The summed E-state index contributed by atoms with van der Waals surface area (Å²) in [6.45, 7) is 4.46. The summed E-state index contributed by atoms with van der Waals surface area (Å²) < 4.78 is 8.49. The molecule has 0 amide bonds. The van der Waals surface area contributed by atoms with E-state index < -0.39 is 0 Å². The van der Waals surface area contributed by atoms with Gasteiger partial charge >= 0.3 is 0 Å². The van der Waals surface area contributed by atoms with E-state index in [2.05, 4.69) is 30.8 Å². The third kappa shape index (κ3) is 4.36. The summed E-state index contributed by atoms with van der Waals surface area (Å²) in [6.07, 6.45) is 4.77. The molecule has 0 saturated carbocycles. The molecule has 1 aromatic carbocycles. The summed E-state index contributed by atoms with van der Waals surface area (Å²) in [5.41, 5.74) is 1.02. The van der Waals surface area contributed by atoms with E-state index in [4.69, 9.17) is 4.74 Å². The van der Waals surface area contributed by atoms with Gasteiger partial charge in [0.2, 0.25) is 5.95 Å². The van der Waals surface area contributed by atoms with Gasteiger partial charge in [-0.25, -0.2) is 4.98 Å². The smallest absolute Gasteiger partial charge is 0.207 e. The zero-order chi connectivity index (χ0) is 13.5. The van der Waals surface area contributed by atoms with Crippen LogP contribution in [0.2, 0.25) is 0 Å². The molecule has 19 heavy (non-hydrogen) atoms. The molecule has 0 bridgehead atoms. The molecule has 0 aliphatic rings.